The number of nitrogens with zero attached hydrogens (tertiary/aromatic N) is 2. The minimum atomic E-state index is -3.82. The first kappa shape index (κ1) is 19.5. The molecule has 1 aromatic carbocycles. The summed E-state index contributed by atoms with van der Waals surface area (Å²) in [7, 11) is -3.82. The lowest BCUT2D eigenvalue weighted by molar-refractivity contribution is 0.102. The molecule has 0 unspecified atom stereocenters. The SMILES string of the molecule is O=C(Nc1nc2c(s1)CN(S(=O)(=O)c1ccc(F)c(Cl)c1)CC2)c1ccsc1. The number of thiazole rings is 1. The Morgan fingerprint density at radius 2 is 2.14 bits per heavy atom. The van der Waals surface area contributed by atoms with Crippen molar-refractivity contribution in [1.82, 2.24) is 9.29 Å². The maximum atomic E-state index is 13.4. The molecule has 0 saturated carbocycles. The van der Waals surface area contributed by atoms with Crippen LogP contribution in [0.15, 0.2) is 39.9 Å². The third-order valence-corrected chi connectivity index (χ3v) is 8.04. The molecule has 3 aromatic rings. The zero-order valence-electron chi connectivity index (χ0n) is 14.2. The number of carbonyl (C=O) groups is 1. The number of anilines is 1. The molecular formula is C17H13ClFN3O3S3. The summed E-state index contributed by atoms with van der Waals surface area (Å²) in [6, 6.07) is 5.07. The third kappa shape index (κ3) is 3.70. The van der Waals surface area contributed by atoms with E-state index in [0.29, 0.717) is 17.1 Å². The molecule has 0 aliphatic carbocycles. The number of benzene rings is 1. The van der Waals surface area contributed by atoms with Gasteiger partial charge in [-0.05, 0) is 29.6 Å². The molecule has 146 valence electrons. The topological polar surface area (TPSA) is 79.4 Å². The first-order valence-electron chi connectivity index (χ1n) is 8.12. The van der Waals surface area contributed by atoms with Crippen molar-refractivity contribution < 1.29 is 17.6 Å². The summed E-state index contributed by atoms with van der Waals surface area (Å²) >= 11 is 8.40. The average Bonchev–Trinajstić information content (AvgIpc) is 3.32. The quantitative estimate of drug-likeness (QED) is 0.642. The molecule has 1 aliphatic heterocycles. The van der Waals surface area contributed by atoms with Gasteiger partial charge in [0, 0.05) is 23.2 Å². The molecular weight excluding hydrogens is 445 g/mol. The van der Waals surface area contributed by atoms with Crippen LogP contribution in [0.5, 0.6) is 0 Å². The van der Waals surface area contributed by atoms with E-state index in [1.807, 2.05) is 5.38 Å². The number of thiophene rings is 1. The maximum absolute atomic E-state index is 13.4. The molecule has 0 atom stereocenters. The number of carbonyl (C=O) groups excluding carboxylic acids is 1. The third-order valence-electron chi connectivity index (χ3n) is 4.23. The average molecular weight is 458 g/mol. The predicted octanol–water partition coefficient (Wildman–Crippen LogP) is 4.00. The van der Waals surface area contributed by atoms with Gasteiger partial charge in [0.25, 0.3) is 5.91 Å². The molecule has 0 saturated heterocycles. The van der Waals surface area contributed by atoms with Crippen LogP contribution in [0.25, 0.3) is 0 Å². The second-order valence-electron chi connectivity index (χ2n) is 6.02. The highest BCUT2D eigenvalue weighted by molar-refractivity contribution is 7.89. The second-order valence-corrected chi connectivity index (χ2v) is 10.2. The molecule has 11 heteroatoms. The van der Waals surface area contributed by atoms with Gasteiger partial charge in [0.1, 0.15) is 5.82 Å². The zero-order chi connectivity index (χ0) is 19.9. The highest BCUT2D eigenvalue weighted by atomic mass is 35.5. The van der Waals surface area contributed by atoms with E-state index in [0.717, 1.165) is 22.7 Å². The Balaban J connectivity index is 1.54. The monoisotopic (exact) mass is 457 g/mol. The molecule has 1 N–H and O–H groups in total. The van der Waals surface area contributed by atoms with Crippen LogP contribution in [0.4, 0.5) is 9.52 Å². The van der Waals surface area contributed by atoms with E-state index in [9.17, 15) is 17.6 Å². The summed E-state index contributed by atoms with van der Waals surface area (Å²) in [5.41, 5.74) is 1.32. The lowest BCUT2D eigenvalue weighted by Gasteiger charge is -2.25. The summed E-state index contributed by atoms with van der Waals surface area (Å²) in [6.07, 6.45) is 0.425. The van der Waals surface area contributed by atoms with E-state index >= 15 is 0 Å². The van der Waals surface area contributed by atoms with E-state index in [2.05, 4.69) is 10.3 Å². The fraction of sp³-hybridized carbons (Fsp3) is 0.176. The van der Waals surface area contributed by atoms with Crippen LogP contribution in [0.2, 0.25) is 5.02 Å². The fourth-order valence-corrected chi connectivity index (χ4v) is 6.20. The number of halogens is 2. The number of fused-ring (bicyclic) bond motifs is 1. The number of amides is 1. The van der Waals surface area contributed by atoms with Crippen LogP contribution in [0, 0.1) is 5.82 Å². The number of aromatic nitrogens is 1. The zero-order valence-corrected chi connectivity index (χ0v) is 17.4. The Bertz CT molecular complexity index is 1150. The van der Waals surface area contributed by atoms with Gasteiger partial charge in [-0.25, -0.2) is 17.8 Å². The lowest BCUT2D eigenvalue weighted by Crippen LogP contribution is -2.35. The predicted molar refractivity (Wildman–Crippen MR) is 107 cm³/mol. The van der Waals surface area contributed by atoms with Gasteiger partial charge < -0.3 is 0 Å². The van der Waals surface area contributed by atoms with Crippen molar-refractivity contribution in [1.29, 1.82) is 0 Å². The molecule has 1 amide bonds. The number of hydrogen-bond acceptors (Lipinski definition) is 6. The van der Waals surface area contributed by atoms with Crippen molar-refractivity contribution in [2.24, 2.45) is 0 Å². The van der Waals surface area contributed by atoms with Crippen LogP contribution < -0.4 is 5.32 Å². The van der Waals surface area contributed by atoms with E-state index < -0.39 is 15.8 Å². The van der Waals surface area contributed by atoms with Crippen LogP contribution in [0.1, 0.15) is 20.9 Å². The molecule has 0 radical (unpaired) electrons. The molecule has 1 aliphatic rings. The lowest BCUT2D eigenvalue weighted by atomic mass is 10.2. The van der Waals surface area contributed by atoms with E-state index in [4.69, 9.17) is 11.6 Å². The van der Waals surface area contributed by atoms with Crippen LogP contribution >= 0.6 is 34.3 Å². The Labute approximate surface area is 173 Å². The van der Waals surface area contributed by atoms with Crippen LogP contribution in [-0.2, 0) is 23.0 Å². The molecule has 0 bridgehead atoms. The Kier molecular flexibility index (Phi) is 5.23. The first-order chi connectivity index (χ1) is 13.3. The maximum Gasteiger partial charge on any atom is 0.258 e. The molecule has 2 aromatic heterocycles. The molecule has 3 heterocycles. The van der Waals surface area contributed by atoms with E-state index in [-0.39, 0.29) is 28.9 Å². The fourth-order valence-electron chi connectivity index (χ4n) is 2.78. The Morgan fingerprint density at radius 1 is 1.32 bits per heavy atom. The van der Waals surface area contributed by atoms with Crippen LogP contribution in [0.3, 0.4) is 0 Å². The van der Waals surface area contributed by atoms with Crippen molar-refractivity contribution in [3.8, 4) is 0 Å². The highest BCUT2D eigenvalue weighted by Gasteiger charge is 2.31. The van der Waals surface area contributed by atoms with Gasteiger partial charge in [-0.3, -0.25) is 10.1 Å². The minimum absolute atomic E-state index is 0.0575. The van der Waals surface area contributed by atoms with Gasteiger partial charge in [-0.15, -0.1) is 11.3 Å². The largest absolute Gasteiger partial charge is 0.298 e. The van der Waals surface area contributed by atoms with Gasteiger partial charge in [0.05, 0.1) is 27.7 Å². The van der Waals surface area contributed by atoms with Gasteiger partial charge in [0.15, 0.2) is 5.13 Å². The minimum Gasteiger partial charge on any atom is -0.298 e. The summed E-state index contributed by atoms with van der Waals surface area (Å²) < 4.78 is 40.4. The highest BCUT2D eigenvalue weighted by Crippen LogP contribution is 2.32. The number of rotatable bonds is 4. The smallest absolute Gasteiger partial charge is 0.258 e. The standard InChI is InChI=1S/C17H13ClFN3O3S3/c18-12-7-11(1-2-13(12)19)28(24,25)22-5-3-14-15(8-22)27-17(20-14)21-16(23)10-4-6-26-9-10/h1-2,4,6-7,9H,3,5,8H2,(H,20,21,23). The van der Waals surface area contributed by atoms with Crippen molar-refractivity contribution in [2.45, 2.75) is 17.9 Å². The van der Waals surface area contributed by atoms with Gasteiger partial charge >= 0.3 is 0 Å². The van der Waals surface area contributed by atoms with E-state index in [1.165, 1.54) is 33.0 Å². The number of hydrogen-bond donors (Lipinski definition) is 1. The summed E-state index contributed by atoms with van der Waals surface area (Å²) in [4.78, 5) is 17.3. The summed E-state index contributed by atoms with van der Waals surface area (Å²) in [5, 5.41) is 6.50. The normalized spacial score (nSPS) is 14.6. The Morgan fingerprint density at radius 3 is 2.86 bits per heavy atom. The van der Waals surface area contributed by atoms with Crippen LogP contribution in [-0.4, -0.2) is 30.2 Å². The first-order valence-corrected chi connectivity index (χ1v) is 11.7. The molecule has 0 fully saturated rings. The summed E-state index contributed by atoms with van der Waals surface area (Å²) in [5.74, 6) is -0.923. The van der Waals surface area contributed by atoms with Crippen molar-refractivity contribution in [3.63, 3.8) is 0 Å². The van der Waals surface area contributed by atoms with Gasteiger partial charge in [-0.2, -0.15) is 15.6 Å². The molecule has 28 heavy (non-hydrogen) atoms. The summed E-state index contributed by atoms with van der Waals surface area (Å²) in [6.45, 7) is 0.380. The van der Waals surface area contributed by atoms with E-state index in [1.54, 1.807) is 11.4 Å². The number of nitrogens with one attached hydrogen (secondary N) is 1. The molecule has 4 rings (SSSR count). The number of sulfonamides is 1. The van der Waals surface area contributed by atoms with Gasteiger partial charge in [-0.1, -0.05) is 11.6 Å². The van der Waals surface area contributed by atoms with Crippen molar-refractivity contribution >= 4 is 55.3 Å². The van der Waals surface area contributed by atoms with Crippen molar-refractivity contribution in [2.75, 3.05) is 11.9 Å². The van der Waals surface area contributed by atoms with Crippen molar-refractivity contribution in [3.05, 3.63) is 62.0 Å². The molecule has 6 nitrogen and oxygen atoms in total. The second kappa shape index (κ2) is 7.53. The Hall–Kier alpha value is -1.85. The van der Waals surface area contributed by atoms with Gasteiger partial charge in [0.2, 0.25) is 10.0 Å². The molecule has 0 spiro atoms.